The number of hydrogen-bond donors (Lipinski definition) is 5. The summed E-state index contributed by atoms with van der Waals surface area (Å²) in [6.45, 7) is 7.61. The summed E-state index contributed by atoms with van der Waals surface area (Å²) in [4.78, 5) is 69.7. The van der Waals surface area contributed by atoms with E-state index in [9.17, 15) is 24.0 Å². The molecule has 1 aliphatic rings. The summed E-state index contributed by atoms with van der Waals surface area (Å²) >= 11 is 0. The van der Waals surface area contributed by atoms with Crippen LogP contribution in [0.25, 0.3) is 0 Å². The molecule has 2 aromatic carbocycles. The van der Waals surface area contributed by atoms with E-state index in [0.717, 1.165) is 11.1 Å². The van der Waals surface area contributed by atoms with Crippen molar-refractivity contribution in [3.63, 3.8) is 0 Å². The number of carbonyl (C=O) groups excluding carboxylic acids is 5. The van der Waals surface area contributed by atoms with Crippen molar-refractivity contribution >= 4 is 29.5 Å². The molecule has 0 saturated carbocycles. The molecule has 48 heavy (non-hydrogen) atoms. The van der Waals surface area contributed by atoms with E-state index in [1.54, 1.807) is 6.07 Å². The average Bonchev–Trinajstić information content (AvgIpc) is 3.59. The first-order valence-electron chi connectivity index (χ1n) is 16.6. The largest absolute Gasteiger partial charge is 0.472 e. The Morgan fingerprint density at radius 1 is 0.562 bits per heavy atom. The molecule has 0 spiro atoms. The minimum Gasteiger partial charge on any atom is -0.472 e. The lowest BCUT2D eigenvalue weighted by atomic mass is 9.95. The summed E-state index contributed by atoms with van der Waals surface area (Å²) in [6, 6.07) is 15.0. The van der Waals surface area contributed by atoms with Gasteiger partial charge in [-0.2, -0.15) is 0 Å². The summed E-state index contributed by atoms with van der Waals surface area (Å²) in [5.74, 6) is -3.04. The van der Waals surface area contributed by atoms with E-state index in [1.165, 1.54) is 12.5 Å². The van der Waals surface area contributed by atoms with Crippen molar-refractivity contribution in [2.75, 3.05) is 0 Å². The highest BCUT2D eigenvalue weighted by Gasteiger charge is 2.36. The highest BCUT2D eigenvalue weighted by atomic mass is 16.3. The van der Waals surface area contributed by atoms with Crippen molar-refractivity contribution in [3.05, 3.63) is 95.9 Å². The highest BCUT2D eigenvalue weighted by molar-refractivity contribution is 5.98. The molecule has 6 unspecified atom stereocenters. The number of amides is 5. The van der Waals surface area contributed by atoms with Crippen LogP contribution in [0.3, 0.4) is 0 Å². The Balaban J connectivity index is 1.77. The van der Waals surface area contributed by atoms with Crippen molar-refractivity contribution in [1.82, 2.24) is 26.6 Å². The molecular weight excluding hydrogens is 610 g/mol. The fourth-order valence-electron chi connectivity index (χ4n) is 5.71. The third-order valence-electron chi connectivity index (χ3n) is 8.62. The average molecular weight is 658 g/mol. The molecule has 6 atom stereocenters. The fraction of sp³-hybridized carbons (Fsp3) is 0.432. The Morgan fingerprint density at radius 2 is 1.00 bits per heavy atom. The van der Waals surface area contributed by atoms with Gasteiger partial charge < -0.3 is 31.0 Å². The number of benzene rings is 2. The highest BCUT2D eigenvalue weighted by Crippen LogP contribution is 2.14. The van der Waals surface area contributed by atoms with Crippen LogP contribution >= 0.6 is 0 Å². The zero-order valence-corrected chi connectivity index (χ0v) is 28.0. The van der Waals surface area contributed by atoms with Crippen molar-refractivity contribution in [2.24, 2.45) is 11.8 Å². The molecule has 1 aliphatic heterocycles. The molecule has 11 nitrogen and oxygen atoms in total. The van der Waals surface area contributed by atoms with E-state index < -0.39 is 59.7 Å². The van der Waals surface area contributed by atoms with Gasteiger partial charge >= 0.3 is 0 Å². The van der Waals surface area contributed by atoms with Crippen molar-refractivity contribution in [3.8, 4) is 0 Å². The monoisotopic (exact) mass is 657 g/mol. The first kappa shape index (κ1) is 35.9. The van der Waals surface area contributed by atoms with Gasteiger partial charge in [-0.15, -0.1) is 0 Å². The van der Waals surface area contributed by atoms with Crippen molar-refractivity contribution < 1.29 is 28.4 Å². The second-order valence-corrected chi connectivity index (χ2v) is 13.0. The van der Waals surface area contributed by atoms with Crippen LogP contribution < -0.4 is 26.6 Å². The summed E-state index contributed by atoms with van der Waals surface area (Å²) in [5, 5.41) is 14.3. The van der Waals surface area contributed by atoms with E-state index in [4.69, 9.17) is 4.42 Å². The van der Waals surface area contributed by atoms with Gasteiger partial charge in [-0.05, 0) is 41.0 Å². The minimum atomic E-state index is -1.09. The first-order chi connectivity index (χ1) is 23.0. The van der Waals surface area contributed by atoms with Gasteiger partial charge in [-0.25, -0.2) is 0 Å². The predicted octanol–water partition coefficient (Wildman–Crippen LogP) is 2.84. The number of nitrogens with one attached hydrogen (secondary N) is 5. The van der Waals surface area contributed by atoms with Gasteiger partial charge in [0.1, 0.15) is 30.2 Å². The van der Waals surface area contributed by atoms with E-state index >= 15 is 0 Å². The van der Waals surface area contributed by atoms with Crippen LogP contribution in [0.4, 0.5) is 0 Å². The van der Waals surface area contributed by atoms with Crippen molar-refractivity contribution in [1.29, 1.82) is 0 Å². The lowest BCUT2D eigenvalue weighted by Crippen LogP contribution is -2.59. The second-order valence-electron chi connectivity index (χ2n) is 13.0. The smallest absolute Gasteiger partial charge is 0.243 e. The maximum Gasteiger partial charge on any atom is 0.243 e. The first-order valence-corrected chi connectivity index (χ1v) is 16.6. The minimum absolute atomic E-state index is 0.0215. The zero-order valence-electron chi connectivity index (χ0n) is 28.0. The molecule has 0 bridgehead atoms. The molecule has 5 amide bonds. The maximum absolute atomic E-state index is 14.0. The molecule has 11 heteroatoms. The standard InChI is InChI=1S/C37H47N5O6/c1-5-24(4)32-37(47)41-30(20-26-14-10-7-11-15-26)34(44)39-29(19-25-12-8-6-9-13-25)33(43)40-31(21-27-16-17-48-22-27)35(45)38-28(18-23(2)3)36(46)42-32/h6-17,22-24,28-32H,5,18-21H2,1-4H3,(H,38,45)(H,39,44)(H,40,43)(H,41,47)(H,42,46). The van der Waals surface area contributed by atoms with Crippen molar-refractivity contribution in [2.45, 2.75) is 90.0 Å². The van der Waals surface area contributed by atoms with Crippen LogP contribution in [0.2, 0.25) is 0 Å². The molecule has 256 valence electrons. The fourth-order valence-corrected chi connectivity index (χ4v) is 5.71. The molecule has 1 aromatic heterocycles. The van der Waals surface area contributed by atoms with Crippen LogP contribution in [-0.4, -0.2) is 59.7 Å². The predicted molar refractivity (Wildman–Crippen MR) is 181 cm³/mol. The SMILES string of the molecule is CCC(C)C1NC(=O)C(CC(C)C)NC(=O)C(Cc2ccoc2)NC(=O)C(Cc2ccccc2)NC(=O)C(Cc2ccccc2)NC1=O. The quantitative estimate of drug-likeness (QED) is 0.226. The summed E-state index contributed by atoms with van der Waals surface area (Å²) in [6.07, 6.45) is 4.20. The molecule has 2 heterocycles. The Labute approximate surface area is 282 Å². The Kier molecular flexibility index (Phi) is 12.9. The molecule has 5 N–H and O–H groups in total. The summed E-state index contributed by atoms with van der Waals surface area (Å²) in [7, 11) is 0. The lowest BCUT2D eigenvalue weighted by molar-refractivity contribution is -0.135. The Hall–Kier alpha value is -4.93. The summed E-state index contributed by atoms with van der Waals surface area (Å²) < 4.78 is 5.22. The molecule has 1 fully saturated rings. The van der Waals surface area contributed by atoms with Gasteiger partial charge in [-0.1, -0.05) is 94.8 Å². The van der Waals surface area contributed by atoms with E-state index in [-0.39, 0.29) is 31.1 Å². The van der Waals surface area contributed by atoms with Crippen LogP contribution in [0.15, 0.2) is 83.7 Å². The molecule has 0 radical (unpaired) electrons. The Morgan fingerprint density at radius 3 is 1.44 bits per heavy atom. The van der Waals surface area contributed by atoms with Gasteiger partial charge in [-0.3, -0.25) is 24.0 Å². The topological polar surface area (TPSA) is 159 Å². The zero-order chi connectivity index (χ0) is 34.6. The van der Waals surface area contributed by atoms with Gasteiger partial charge in [0.25, 0.3) is 0 Å². The third-order valence-corrected chi connectivity index (χ3v) is 8.62. The lowest BCUT2D eigenvalue weighted by Gasteiger charge is -2.29. The number of furan rings is 1. The molecule has 3 aromatic rings. The summed E-state index contributed by atoms with van der Waals surface area (Å²) in [5.41, 5.74) is 2.26. The maximum atomic E-state index is 14.0. The third kappa shape index (κ3) is 10.3. The number of rotatable bonds is 10. The molecule has 1 saturated heterocycles. The van der Waals surface area contributed by atoms with Gasteiger partial charge in [0, 0.05) is 19.3 Å². The second kappa shape index (κ2) is 17.3. The normalized spacial score (nSPS) is 23.5. The van der Waals surface area contributed by atoms with Crippen LogP contribution in [0.1, 0.15) is 57.2 Å². The van der Waals surface area contributed by atoms with Gasteiger partial charge in [0.15, 0.2) is 0 Å². The van der Waals surface area contributed by atoms with E-state index in [1.807, 2.05) is 88.4 Å². The molecule has 0 aliphatic carbocycles. The van der Waals surface area contributed by atoms with Crippen LogP contribution in [0, 0.1) is 11.8 Å². The van der Waals surface area contributed by atoms with Crippen LogP contribution in [0.5, 0.6) is 0 Å². The van der Waals surface area contributed by atoms with Gasteiger partial charge in [0.2, 0.25) is 29.5 Å². The number of hydrogen-bond acceptors (Lipinski definition) is 6. The molecule has 4 rings (SSSR count). The van der Waals surface area contributed by atoms with Crippen LogP contribution in [-0.2, 0) is 43.2 Å². The van der Waals surface area contributed by atoms with E-state index in [2.05, 4.69) is 26.6 Å². The Bertz CT molecular complexity index is 1510. The van der Waals surface area contributed by atoms with Gasteiger partial charge in [0.05, 0.1) is 12.5 Å². The van der Waals surface area contributed by atoms with E-state index in [0.29, 0.717) is 18.4 Å². The number of carbonyl (C=O) groups is 5. The molecular formula is C37H47N5O6.